The van der Waals surface area contributed by atoms with Crippen LogP contribution in [-0.2, 0) is 11.8 Å². The number of rotatable bonds is 5. The van der Waals surface area contributed by atoms with Crippen LogP contribution in [0.2, 0.25) is 0 Å². The molecule has 0 aliphatic rings. The summed E-state index contributed by atoms with van der Waals surface area (Å²) in [5.41, 5.74) is 2.09. The number of nitrogens with one attached hydrogen (secondary N) is 1. The second-order valence-corrected chi connectivity index (χ2v) is 6.90. The standard InChI is InChI=1S/C16H20N4O4S/c1-7(16(23)24)6-17-13(21)12-10(4)18-14(25-12)11-8(2)9(3)19-20(5)15(11)22/h7H,6H2,1-5H3,(H,17,21)(H,23,24). The van der Waals surface area contributed by atoms with Gasteiger partial charge in [-0.1, -0.05) is 6.92 Å². The van der Waals surface area contributed by atoms with Gasteiger partial charge >= 0.3 is 5.97 Å². The summed E-state index contributed by atoms with van der Waals surface area (Å²) in [5.74, 6) is -2.06. The second-order valence-electron chi connectivity index (χ2n) is 5.90. The number of nitrogens with zero attached hydrogens (tertiary/aromatic N) is 3. The zero-order valence-electron chi connectivity index (χ0n) is 14.7. The van der Waals surface area contributed by atoms with Crippen LogP contribution in [0, 0.1) is 26.7 Å². The highest BCUT2D eigenvalue weighted by Crippen LogP contribution is 2.28. The summed E-state index contributed by atoms with van der Waals surface area (Å²) in [4.78, 5) is 40.3. The molecule has 8 nitrogen and oxygen atoms in total. The van der Waals surface area contributed by atoms with Crippen LogP contribution >= 0.6 is 11.3 Å². The van der Waals surface area contributed by atoms with E-state index < -0.39 is 17.8 Å². The lowest BCUT2D eigenvalue weighted by Gasteiger charge is -2.07. The Morgan fingerprint density at radius 1 is 1.28 bits per heavy atom. The number of amides is 1. The zero-order chi connectivity index (χ0) is 18.9. The van der Waals surface area contributed by atoms with Gasteiger partial charge in [-0.15, -0.1) is 11.3 Å². The minimum atomic E-state index is -0.978. The number of carbonyl (C=O) groups excluding carboxylic acids is 1. The normalized spacial score (nSPS) is 12.0. The number of thiazole rings is 1. The minimum absolute atomic E-state index is 0.0238. The Balaban J connectivity index is 2.37. The van der Waals surface area contributed by atoms with E-state index in [9.17, 15) is 14.4 Å². The molecule has 1 amide bonds. The van der Waals surface area contributed by atoms with Gasteiger partial charge < -0.3 is 10.4 Å². The van der Waals surface area contributed by atoms with Crippen LogP contribution in [0.25, 0.3) is 10.6 Å². The van der Waals surface area contributed by atoms with Crippen LogP contribution in [0.4, 0.5) is 0 Å². The third-order valence-corrected chi connectivity index (χ3v) is 5.11. The predicted octanol–water partition coefficient (Wildman–Crippen LogP) is 1.28. The van der Waals surface area contributed by atoms with E-state index in [0.29, 0.717) is 26.8 Å². The first kappa shape index (κ1) is 18.8. The van der Waals surface area contributed by atoms with Crippen LogP contribution in [0.5, 0.6) is 0 Å². The van der Waals surface area contributed by atoms with Gasteiger partial charge in [0.1, 0.15) is 9.88 Å². The van der Waals surface area contributed by atoms with E-state index in [0.717, 1.165) is 16.9 Å². The summed E-state index contributed by atoms with van der Waals surface area (Å²) in [5, 5.41) is 16.1. The molecular formula is C16H20N4O4S. The molecule has 9 heteroatoms. The van der Waals surface area contributed by atoms with Crippen LogP contribution in [0.1, 0.15) is 33.5 Å². The number of carbonyl (C=O) groups is 2. The Hall–Kier alpha value is -2.55. The molecule has 1 unspecified atom stereocenters. The van der Waals surface area contributed by atoms with Crippen molar-refractivity contribution in [1.29, 1.82) is 0 Å². The lowest BCUT2D eigenvalue weighted by molar-refractivity contribution is -0.140. The third-order valence-electron chi connectivity index (χ3n) is 3.93. The van der Waals surface area contributed by atoms with E-state index >= 15 is 0 Å². The number of hydrogen-bond donors (Lipinski definition) is 2. The topological polar surface area (TPSA) is 114 Å². The quantitative estimate of drug-likeness (QED) is 0.826. The molecule has 0 aliphatic heterocycles. The van der Waals surface area contributed by atoms with E-state index in [-0.39, 0.29) is 12.1 Å². The Bertz CT molecular complexity index is 900. The summed E-state index contributed by atoms with van der Waals surface area (Å²) in [7, 11) is 1.57. The van der Waals surface area contributed by atoms with Gasteiger partial charge in [-0.05, 0) is 26.3 Å². The van der Waals surface area contributed by atoms with E-state index in [1.807, 2.05) is 0 Å². The van der Waals surface area contributed by atoms with Gasteiger partial charge in [0, 0.05) is 13.6 Å². The summed E-state index contributed by atoms with van der Waals surface area (Å²) >= 11 is 1.11. The number of aryl methyl sites for hydroxylation is 3. The summed E-state index contributed by atoms with van der Waals surface area (Å²) in [6.45, 7) is 6.82. The molecular weight excluding hydrogens is 344 g/mol. The first-order valence-electron chi connectivity index (χ1n) is 7.66. The molecule has 0 fully saturated rings. The van der Waals surface area contributed by atoms with E-state index in [1.165, 1.54) is 11.6 Å². The van der Waals surface area contributed by atoms with Crippen molar-refractivity contribution < 1.29 is 14.7 Å². The Morgan fingerprint density at radius 2 is 1.92 bits per heavy atom. The number of aromatic nitrogens is 3. The predicted molar refractivity (Wildman–Crippen MR) is 93.9 cm³/mol. The maximum absolute atomic E-state index is 12.4. The van der Waals surface area contributed by atoms with Gasteiger partial charge in [0.2, 0.25) is 0 Å². The molecule has 2 rings (SSSR count). The number of hydrogen-bond acceptors (Lipinski definition) is 6. The fraction of sp³-hybridized carbons (Fsp3) is 0.438. The lowest BCUT2D eigenvalue weighted by Crippen LogP contribution is -2.31. The Labute approximate surface area is 148 Å². The monoisotopic (exact) mass is 364 g/mol. The van der Waals surface area contributed by atoms with Crippen molar-refractivity contribution in [2.45, 2.75) is 27.7 Å². The highest BCUT2D eigenvalue weighted by molar-refractivity contribution is 7.17. The Morgan fingerprint density at radius 3 is 2.52 bits per heavy atom. The largest absolute Gasteiger partial charge is 0.481 e. The van der Waals surface area contributed by atoms with Crippen molar-refractivity contribution >= 4 is 23.2 Å². The van der Waals surface area contributed by atoms with Crippen LogP contribution in [0.3, 0.4) is 0 Å². The molecule has 0 aromatic carbocycles. The fourth-order valence-electron chi connectivity index (χ4n) is 2.23. The highest BCUT2D eigenvalue weighted by Gasteiger charge is 2.21. The SMILES string of the molecule is Cc1nc(-c2c(C)c(C)nn(C)c2=O)sc1C(=O)NCC(C)C(=O)O. The van der Waals surface area contributed by atoms with Crippen molar-refractivity contribution in [3.05, 3.63) is 32.2 Å². The van der Waals surface area contributed by atoms with Gasteiger partial charge in [-0.25, -0.2) is 9.67 Å². The van der Waals surface area contributed by atoms with Crippen molar-refractivity contribution in [2.75, 3.05) is 6.54 Å². The molecule has 1 atom stereocenters. The van der Waals surface area contributed by atoms with Crippen molar-refractivity contribution in [3.8, 4) is 10.6 Å². The third kappa shape index (κ3) is 3.76. The van der Waals surface area contributed by atoms with Gasteiger partial charge in [-0.3, -0.25) is 14.4 Å². The van der Waals surface area contributed by atoms with Crippen molar-refractivity contribution in [1.82, 2.24) is 20.1 Å². The zero-order valence-corrected chi connectivity index (χ0v) is 15.5. The molecule has 0 saturated heterocycles. The first-order chi connectivity index (χ1) is 11.6. The molecule has 0 bridgehead atoms. The molecule has 2 N–H and O–H groups in total. The summed E-state index contributed by atoms with van der Waals surface area (Å²) in [6, 6.07) is 0. The average molecular weight is 364 g/mol. The molecule has 2 aromatic rings. The maximum atomic E-state index is 12.4. The van der Waals surface area contributed by atoms with Gasteiger partial charge in [0.05, 0.1) is 22.9 Å². The number of carboxylic acids is 1. The van der Waals surface area contributed by atoms with E-state index in [2.05, 4.69) is 15.4 Å². The van der Waals surface area contributed by atoms with E-state index in [1.54, 1.807) is 27.8 Å². The lowest BCUT2D eigenvalue weighted by atomic mass is 10.1. The van der Waals surface area contributed by atoms with Gasteiger partial charge in [0.15, 0.2) is 0 Å². The average Bonchev–Trinajstić information content (AvgIpc) is 2.92. The molecule has 2 heterocycles. The second kappa shape index (κ2) is 7.14. The van der Waals surface area contributed by atoms with Crippen LogP contribution < -0.4 is 10.9 Å². The molecule has 0 spiro atoms. The molecule has 0 radical (unpaired) electrons. The minimum Gasteiger partial charge on any atom is -0.481 e. The molecule has 134 valence electrons. The maximum Gasteiger partial charge on any atom is 0.308 e. The summed E-state index contributed by atoms with van der Waals surface area (Å²) in [6.07, 6.45) is 0. The summed E-state index contributed by atoms with van der Waals surface area (Å²) < 4.78 is 1.25. The number of carboxylic acid groups (broad SMARTS) is 1. The first-order valence-corrected chi connectivity index (χ1v) is 8.48. The molecule has 25 heavy (non-hydrogen) atoms. The number of aliphatic carboxylic acids is 1. The Kier molecular flexibility index (Phi) is 5.36. The van der Waals surface area contributed by atoms with Gasteiger partial charge in [-0.2, -0.15) is 5.10 Å². The van der Waals surface area contributed by atoms with Crippen molar-refractivity contribution in [2.24, 2.45) is 13.0 Å². The molecule has 0 saturated carbocycles. The fourth-order valence-corrected chi connectivity index (χ4v) is 3.30. The van der Waals surface area contributed by atoms with Crippen LogP contribution in [0.15, 0.2) is 4.79 Å². The van der Waals surface area contributed by atoms with E-state index in [4.69, 9.17) is 5.11 Å². The van der Waals surface area contributed by atoms with Gasteiger partial charge in [0.25, 0.3) is 11.5 Å². The van der Waals surface area contributed by atoms with Crippen molar-refractivity contribution in [3.63, 3.8) is 0 Å². The van der Waals surface area contributed by atoms with Crippen LogP contribution in [-0.4, -0.2) is 38.3 Å². The molecule has 2 aromatic heterocycles. The highest BCUT2D eigenvalue weighted by atomic mass is 32.1. The smallest absolute Gasteiger partial charge is 0.308 e. The molecule has 0 aliphatic carbocycles.